The predicted octanol–water partition coefficient (Wildman–Crippen LogP) is 3.93. The highest BCUT2D eigenvalue weighted by atomic mass is 35.5. The summed E-state index contributed by atoms with van der Waals surface area (Å²) < 4.78 is 19.0. The third-order valence-electron chi connectivity index (χ3n) is 2.24. The van der Waals surface area contributed by atoms with Gasteiger partial charge in [-0.05, 0) is 30.2 Å². The molecule has 0 radical (unpaired) electrons. The van der Waals surface area contributed by atoms with E-state index >= 15 is 0 Å². The molecular weight excluding hydrogens is 306 g/mol. The number of rotatable bonds is 5. The van der Waals surface area contributed by atoms with Crippen LogP contribution in [0.2, 0.25) is 10.3 Å². The molecule has 1 N–H and O–H groups in total. The second kappa shape index (κ2) is 6.67. The average molecular weight is 317 g/mol. The molecule has 2 aromatic rings. The van der Waals surface area contributed by atoms with E-state index in [1.54, 1.807) is 6.07 Å². The molecule has 0 saturated carbocycles. The smallest absolute Gasteiger partial charge is 0.328 e. The standard InChI is InChI=1S/C12H11Cl2FN4O/c1-2-6-16-11-17-10(14)18-12(19-11)20-8-5-3-4-7(13)9(8)15/h3-5H,2,6H2,1H3,(H,16,17,18,19). The SMILES string of the molecule is CCCNc1nc(Cl)nc(Oc2cccc(Cl)c2F)n1. The fourth-order valence-electron chi connectivity index (χ4n) is 1.35. The van der Waals surface area contributed by atoms with Crippen LogP contribution in [0.3, 0.4) is 0 Å². The van der Waals surface area contributed by atoms with Crippen molar-refractivity contribution >= 4 is 29.2 Å². The van der Waals surface area contributed by atoms with Crippen molar-refractivity contribution in [3.05, 3.63) is 34.3 Å². The lowest BCUT2D eigenvalue weighted by Gasteiger charge is -2.08. The van der Waals surface area contributed by atoms with Crippen molar-refractivity contribution in [3.8, 4) is 11.8 Å². The molecule has 1 aromatic heterocycles. The number of nitrogens with zero attached hydrogens (tertiary/aromatic N) is 3. The van der Waals surface area contributed by atoms with E-state index in [0.29, 0.717) is 6.54 Å². The van der Waals surface area contributed by atoms with E-state index in [1.807, 2.05) is 6.92 Å². The van der Waals surface area contributed by atoms with Gasteiger partial charge in [-0.1, -0.05) is 24.6 Å². The first-order valence-electron chi connectivity index (χ1n) is 5.87. The fraction of sp³-hybridized carbons (Fsp3) is 0.250. The van der Waals surface area contributed by atoms with Crippen molar-refractivity contribution in [2.75, 3.05) is 11.9 Å². The summed E-state index contributed by atoms with van der Waals surface area (Å²) in [6.45, 7) is 2.67. The van der Waals surface area contributed by atoms with E-state index in [9.17, 15) is 4.39 Å². The van der Waals surface area contributed by atoms with Crippen molar-refractivity contribution in [2.45, 2.75) is 13.3 Å². The number of hydrogen-bond donors (Lipinski definition) is 1. The number of benzene rings is 1. The lowest BCUT2D eigenvalue weighted by Crippen LogP contribution is -2.06. The summed E-state index contributed by atoms with van der Waals surface area (Å²) in [4.78, 5) is 11.7. The van der Waals surface area contributed by atoms with Crippen LogP contribution in [0, 0.1) is 5.82 Å². The zero-order valence-corrected chi connectivity index (χ0v) is 12.0. The van der Waals surface area contributed by atoms with Gasteiger partial charge in [0, 0.05) is 6.54 Å². The normalized spacial score (nSPS) is 10.4. The van der Waals surface area contributed by atoms with E-state index in [2.05, 4.69) is 20.3 Å². The van der Waals surface area contributed by atoms with Gasteiger partial charge in [0.05, 0.1) is 5.02 Å². The highest BCUT2D eigenvalue weighted by Gasteiger charge is 2.12. The molecule has 20 heavy (non-hydrogen) atoms. The molecular formula is C12H11Cl2FN4O. The van der Waals surface area contributed by atoms with E-state index < -0.39 is 5.82 Å². The number of ether oxygens (including phenoxy) is 1. The highest BCUT2D eigenvalue weighted by Crippen LogP contribution is 2.27. The van der Waals surface area contributed by atoms with Crippen LogP contribution < -0.4 is 10.1 Å². The summed E-state index contributed by atoms with van der Waals surface area (Å²) in [5, 5.41) is 2.85. The Morgan fingerprint density at radius 2 is 2.05 bits per heavy atom. The Balaban J connectivity index is 2.24. The fourth-order valence-corrected chi connectivity index (χ4v) is 1.67. The zero-order valence-electron chi connectivity index (χ0n) is 10.5. The number of nitrogens with one attached hydrogen (secondary N) is 1. The number of aromatic nitrogens is 3. The molecule has 8 heteroatoms. The van der Waals surface area contributed by atoms with Crippen LogP contribution in [-0.2, 0) is 0 Å². The minimum Gasteiger partial charge on any atom is -0.421 e. The highest BCUT2D eigenvalue weighted by molar-refractivity contribution is 6.30. The average Bonchev–Trinajstić information content (AvgIpc) is 2.41. The summed E-state index contributed by atoms with van der Waals surface area (Å²) in [7, 11) is 0. The molecule has 0 unspecified atom stereocenters. The van der Waals surface area contributed by atoms with E-state index in [4.69, 9.17) is 27.9 Å². The van der Waals surface area contributed by atoms with Gasteiger partial charge in [0.15, 0.2) is 11.6 Å². The van der Waals surface area contributed by atoms with Crippen molar-refractivity contribution in [1.82, 2.24) is 15.0 Å². The molecule has 0 fully saturated rings. The lowest BCUT2D eigenvalue weighted by atomic mass is 10.3. The molecule has 1 aromatic carbocycles. The summed E-state index contributed by atoms with van der Waals surface area (Å²) in [6.07, 6.45) is 0.891. The van der Waals surface area contributed by atoms with Gasteiger partial charge in [-0.3, -0.25) is 0 Å². The van der Waals surface area contributed by atoms with Gasteiger partial charge >= 0.3 is 6.01 Å². The maximum Gasteiger partial charge on any atom is 0.328 e. The maximum absolute atomic E-state index is 13.7. The minimum atomic E-state index is -0.686. The Morgan fingerprint density at radius 3 is 2.80 bits per heavy atom. The molecule has 1 heterocycles. The van der Waals surface area contributed by atoms with Crippen LogP contribution in [0.15, 0.2) is 18.2 Å². The Labute approximate surface area is 125 Å². The zero-order chi connectivity index (χ0) is 14.5. The van der Waals surface area contributed by atoms with Crippen LogP contribution in [0.4, 0.5) is 10.3 Å². The van der Waals surface area contributed by atoms with Crippen molar-refractivity contribution in [3.63, 3.8) is 0 Å². The molecule has 0 aliphatic heterocycles. The predicted molar refractivity (Wildman–Crippen MR) is 75.1 cm³/mol. The van der Waals surface area contributed by atoms with Gasteiger partial charge in [0.1, 0.15) is 0 Å². The largest absolute Gasteiger partial charge is 0.421 e. The summed E-state index contributed by atoms with van der Waals surface area (Å²) in [6, 6.07) is 4.28. The molecule has 0 spiro atoms. The van der Waals surface area contributed by atoms with E-state index in [-0.39, 0.29) is 28.0 Å². The monoisotopic (exact) mass is 316 g/mol. The molecule has 106 valence electrons. The number of anilines is 1. The first kappa shape index (κ1) is 14.7. The Hall–Kier alpha value is -1.66. The second-order valence-corrected chi connectivity index (χ2v) is 4.54. The number of halogens is 3. The summed E-state index contributed by atoms with van der Waals surface area (Å²) >= 11 is 11.4. The minimum absolute atomic E-state index is 0.0453. The molecule has 0 bridgehead atoms. The second-order valence-electron chi connectivity index (χ2n) is 3.79. The van der Waals surface area contributed by atoms with Gasteiger partial charge in [0.25, 0.3) is 0 Å². The molecule has 5 nitrogen and oxygen atoms in total. The Kier molecular flexibility index (Phi) is 4.92. The van der Waals surface area contributed by atoms with Crippen LogP contribution in [-0.4, -0.2) is 21.5 Å². The van der Waals surface area contributed by atoms with Crippen molar-refractivity contribution < 1.29 is 9.13 Å². The molecule has 0 aliphatic rings. The summed E-state index contributed by atoms with van der Waals surface area (Å²) in [5.41, 5.74) is 0. The quantitative estimate of drug-likeness (QED) is 0.905. The van der Waals surface area contributed by atoms with Crippen LogP contribution in [0.1, 0.15) is 13.3 Å². The third-order valence-corrected chi connectivity index (χ3v) is 2.70. The molecule has 0 saturated heterocycles. The van der Waals surface area contributed by atoms with Gasteiger partial charge in [0.2, 0.25) is 11.2 Å². The van der Waals surface area contributed by atoms with Crippen LogP contribution in [0.25, 0.3) is 0 Å². The van der Waals surface area contributed by atoms with Gasteiger partial charge in [-0.25, -0.2) is 4.39 Å². The molecule has 2 rings (SSSR count). The Morgan fingerprint density at radius 1 is 1.25 bits per heavy atom. The molecule has 0 amide bonds. The lowest BCUT2D eigenvalue weighted by molar-refractivity contribution is 0.410. The van der Waals surface area contributed by atoms with Gasteiger partial charge in [-0.15, -0.1) is 0 Å². The summed E-state index contributed by atoms with van der Waals surface area (Å²) in [5.74, 6) is -0.501. The van der Waals surface area contributed by atoms with E-state index in [0.717, 1.165) is 6.42 Å². The first-order valence-corrected chi connectivity index (χ1v) is 6.63. The van der Waals surface area contributed by atoms with Gasteiger partial charge in [-0.2, -0.15) is 15.0 Å². The first-order chi connectivity index (χ1) is 9.60. The third kappa shape index (κ3) is 3.68. The maximum atomic E-state index is 13.7. The van der Waals surface area contributed by atoms with Crippen LogP contribution in [0.5, 0.6) is 11.8 Å². The van der Waals surface area contributed by atoms with Crippen molar-refractivity contribution in [2.24, 2.45) is 0 Å². The van der Waals surface area contributed by atoms with Gasteiger partial charge < -0.3 is 10.1 Å². The van der Waals surface area contributed by atoms with E-state index in [1.165, 1.54) is 12.1 Å². The van der Waals surface area contributed by atoms with Crippen LogP contribution >= 0.6 is 23.2 Å². The number of hydrogen-bond acceptors (Lipinski definition) is 5. The molecule has 0 atom stereocenters. The topological polar surface area (TPSA) is 59.9 Å². The van der Waals surface area contributed by atoms with Crippen molar-refractivity contribution in [1.29, 1.82) is 0 Å². The molecule has 0 aliphatic carbocycles. The Bertz CT molecular complexity index is 612.